The van der Waals surface area contributed by atoms with Gasteiger partial charge in [0.15, 0.2) is 0 Å². The molecule has 0 spiro atoms. The Morgan fingerprint density at radius 2 is 1.90 bits per heavy atom. The Hall–Kier alpha value is -2.22. The molecule has 0 N–H and O–H groups in total. The summed E-state index contributed by atoms with van der Waals surface area (Å²) in [5, 5.41) is 5.93. The first-order valence-electron chi connectivity index (χ1n) is 9.65. The summed E-state index contributed by atoms with van der Waals surface area (Å²) in [4.78, 5) is 22.3. The van der Waals surface area contributed by atoms with Gasteiger partial charge in [0.1, 0.15) is 9.88 Å². The molecule has 1 aliphatic heterocycles. The minimum Gasteiger partial charge on any atom is -0.335 e. The largest absolute Gasteiger partial charge is 0.335 e. The molecule has 1 saturated heterocycles. The average Bonchev–Trinajstić information content (AvgIpc) is 3.29. The molecule has 152 valence electrons. The Bertz CT molecular complexity index is 1040. The van der Waals surface area contributed by atoms with E-state index in [4.69, 9.17) is 11.6 Å². The van der Waals surface area contributed by atoms with E-state index >= 15 is 0 Å². The zero-order valence-corrected chi connectivity index (χ0v) is 18.4. The van der Waals surface area contributed by atoms with Gasteiger partial charge in [0.05, 0.1) is 16.9 Å². The summed E-state index contributed by atoms with van der Waals surface area (Å²) >= 11 is 7.66. The standard InChI is InChI=1S/C21H24ClN5OS/c1-14-17(15(2)25(3)24-14)13-26-8-10-27(11-9-26)21(28)19-12-23-20(29-19)16-6-4-5-7-18(16)22/h4-7,12H,8-11,13H2,1-3H3. The molecule has 0 saturated carbocycles. The van der Waals surface area contributed by atoms with Gasteiger partial charge in [-0.25, -0.2) is 4.98 Å². The summed E-state index contributed by atoms with van der Waals surface area (Å²) in [6, 6.07) is 7.58. The van der Waals surface area contributed by atoms with E-state index in [1.807, 2.05) is 40.9 Å². The fourth-order valence-electron chi connectivity index (χ4n) is 3.67. The van der Waals surface area contributed by atoms with Crippen LogP contribution in [0.4, 0.5) is 0 Å². The third kappa shape index (κ3) is 4.08. The third-order valence-corrected chi connectivity index (χ3v) is 6.87. The van der Waals surface area contributed by atoms with Crippen LogP contribution in [0.25, 0.3) is 10.6 Å². The van der Waals surface area contributed by atoms with Crippen molar-refractivity contribution in [3.05, 3.63) is 57.3 Å². The lowest BCUT2D eigenvalue weighted by atomic mass is 10.1. The number of piperazine rings is 1. The molecule has 0 bridgehead atoms. The van der Waals surface area contributed by atoms with E-state index in [0.717, 1.165) is 49.0 Å². The molecule has 1 aromatic carbocycles. The smallest absolute Gasteiger partial charge is 0.265 e. The summed E-state index contributed by atoms with van der Waals surface area (Å²) < 4.78 is 1.94. The molecule has 1 amide bonds. The van der Waals surface area contributed by atoms with Gasteiger partial charge in [0.2, 0.25) is 0 Å². The van der Waals surface area contributed by atoms with Crippen LogP contribution in [0.3, 0.4) is 0 Å². The first-order valence-corrected chi connectivity index (χ1v) is 10.8. The predicted octanol–water partition coefficient (Wildman–Crippen LogP) is 3.77. The summed E-state index contributed by atoms with van der Waals surface area (Å²) in [7, 11) is 1.98. The Labute approximate surface area is 179 Å². The molecule has 2 aromatic heterocycles. The Morgan fingerprint density at radius 1 is 1.17 bits per heavy atom. The third-order valence-electron chi connectivity index (χ3n) is 5.52. The minimum absolute atomic E-state index is 0.0502. The summed E-state index contributed by atoms with van der Waals surface area (Å²) in [6.45, 7) is 8.20. The number of hydrogen-bond acceptors (Lipinski definition) is 5. The maximum atomic E-state index is 12.9. The lowest BCUT2D eigenvalue weighted by Crippen LogP contribution is -2.48. The topological polar surface area (TPSA) is 54.3 Å². The lowest BCUT2D eigenvalue weighted by molar-refractivity contribution is 0.0632. The number of benzene rings is 1. The minimum atomic E-state index is 0.0502. The van der Waals surface area contributed by atoms with Crippen LogP contribution in [0.5, 0.6) is 0 Å². The van der Waals surface area contributed by atoms with E-state index in [-0.39, 0.29) is 5.91 Å². The predicted molar refractivity (Wildman–Crippen MR) is 116 cm³/mol. The monoisotopic (exact) mass is 429 g/mol. The van der Waals surface area contributed by atoms with Crippen molar-refractivity contribution in [1.82, 2.24) is 24.6 Å². The van der Waals surface area contributed by atoms with Gasteiger partial charge in [0.25, 0.3) is 5.91 Å². The summed E-state index contributed by atoms with van der Waals surface area (Å²) in [5.41, 5.74) is 4.45. The molecule has 3 aromatic rings. The van der Waals surface area contributed by atoms with E-state index in [0.29, 0.717) is 9.90 Å². The molecule has 8 heteroatoms. The van der Waals surface area contributed by atoms with Gasteiger partial charge >= 0.3 is 0 Å². The lowest BCUT2D eigenvalue weighted by Gasteiger charge is -2.34. The molecule has 0 atom stereocenters. The maximum absolute atomic E-state index is 12.9. The number of carbonyl (C=O) groups excluding carboxylic acids is 1. The molecule has 1 fully saturated rings. The van der Waals surface area contributed by atoms with Crippen molar-refractivity contribution in [2.75, 3.05) is 26.2 Å². The summed E-state index contributed by atoms with van der Waals surface area (Å²) in [5.74, 6) is 0.0502. The maximum Gasteiger partial charge on any atom is 0.265 e. The van der Waals surface area contributed by atoms with E-state index in [1.165, 1.54) is 22.6 Å². The van der Waals surface area contributed by atoms with Crippen LogP contribution in [-0.2, 0) is 13.6 Å². The van der Waals surface area contributed by atoms with Gasteiger partial charge in [0, 0.05) is 56.6 Å². The highest BCUT2D eigenvalue weighted by atomic mass is 35.5. The molecule has 1 aliphatic rings. The van der Waals surface area contributed by atoms with Crippen molar-refractivity contribution < 1.29 is 4.79 Å². The van der Waals surface area contributed by atoms with Crippen molar-refractivity contribution >= 4 is 28.8 Å². The van der Waals surface area contributed by atoms with Crippen LogP contribution >= 0.6 is 22.9 Å². The van der Waals surface area contributed by atoms with Gasteiger partial charge < -0.3 is 4.90 Å². The van der Waals surface area contributed by atoms with Crippen LogP contribution in [-0.4, -0.2) is 56.7 Å². The highest BCUT2D eigenvalue weighted by Gasteiger charge is 2.25. The normalized spacial score (nSPS) is 15.1. The number of halogens is 1. The van der Waals surface area contributed by atoms with Crippen LogP contribution in [0.15, 0.2) is 30.5 Å². The first-order chi connectivity index (χ1) is 13.9. The highest BCUT2D eigenvalue weighted by molar-refractivity contribution is 7.17. The van der Waals surface area contributed by atoms with Gasteiger partial charge in [-0.1, -0.05) is 29.8 Å². The SMILES string of the molecule is Cc1nn(C)c(C)c1CN1CCN(C(=O)c2cnc(-c3ccccc3Cl)s2)CC1. The number of hydrogen-bond donors (Lipinski definition) is 0. The number of carbonyl (C=O) groups is 1. The first kappa shape index (κ1) is 20.1. The zero-order valence-electron chi connectivity index (χ0n) is 16.9. The second-order valence-electron chi connectivity index (χ2n) is 7.35. The van der Waals surface area contributed by atoms with Crippen molar-refractivity contribution in [3.8, 4) is 10.6 Å². The summed E-state index contributed by atoms with van der Waals surface area (Å²) in [6.07, 6.45) is 1.67. The number of nitrogens with zero attached hydrogens (tertiary/aromatic N) is 5. The quantitative estimate of drug-likeness (QED) is 0.633. The molecule has 6 nitrogen and oxygen atoms in total. The van der Waals surface area contributed by atoms with Gasteiger partial charge in [-0.15, -0.1) is 11.3 Å². The van der Waals surface area contributed by atoms with Gasteiger partial charge in [-0.05, 0) is 19.9 Å². The van der Waals surface area contributed by atoms with Crippen molar-refractivity contribution in [1.29, 1.82) is 0 Å². The Balaban J connectivity index is 1.39. The van der Waals surface area contributed by atoms with E-state index in [2.05, 4.69) is 28.8 Å². The number of aromatic nitrogens is 3. The average molecular weight is 430 g/mol. The van der Waals surface area contributed by atoms with E-state index in [1.54, 1.807) is 6.20 Å². The molecule has 3 heterocycles. The Kier molecular flexibility index (Phi) is 5.72. The number of amides is 1. The second kappa shape index (κ2) is 8.26. The van der Waals surface area contributed by atoms with Crippen LogP contribution in [0.2, 0.25) is 5.02 Å². The van der Waals surface area contributed by atoms with E-state index in [9.17, 15) is 4.79 Å². The van der Waals surface area contributed by atoms with Crippen LogP contribution in [0, 0.1) is 13.8 Å². The fourth-order valence-corrected chi connectivity index (χ4v) is 4.87. The van der Waals surface area contributed by atoms with Gasteiger partial charge in [-0.2, -0.15) is 5.10 Å². The Morgan fingerprint density at radius 3 is 2.55 bits per heavy atom. The molecule has 0 aliphatic carbocycles. The molecule has 0 unspecified atom stereocenters. The molecular formula is C21H24ClN5OS. The van der Waals surface area contributed by atoms with Crippen molar-refractivity contribution in [2.24, 2.45) is 7.05 Å². The van der Waals surface area contributed by atoms with Crippen molar-refractivity contribution in [3.63, 3.8) is 0 Å². The molecule has 4 rings (SSSR count). The number of thiazole rings is 1. The highest BCUT2D eigenvalue weighted by Crippen LogP contribution is 2.31. The van der Waals surface area contributed by atoms with Crippen LogP contribution in [0.1, 0.15) is 26.6 Å². The van der Waals surface area contributed by atoms with Crippen LogP contribution < -0.4 is 0 Å². The number of aryl methyl sites for hydroxylation is 2. The number of rotatable bonds is 4. The fraction of sp³-hybridized carbons (Fsp3) is 0.381. The second-order valence-corrected chi connectivity index (χ2v) is 8.79. The van der Waals surface area contributed by atoms with Crippen molar-refractivity contribution in [2.45, 2.75) is 20.4 Å². The van der Waals surface area contributed by atoms with Gasteiger partial charge in [-0.3, -0.25) is 14.4 Å². The molecule has 29 heavy (non-hydrogen) atoms. The molecular weight excluding hydrogens is 406 g/mol. The zero-order chi connectivity index (χ0) is 20.5. The molecule has 0 radical (unpaired) electrons. The van der Waals surface area contributed by atoms with E-state index < -0.39 is 0 Å².